The standard InChI is InChI=1S/C12H13ClO2S/c13-9-3-1-8(2-4-9)12(15)10-7-16-6-5-11(10)14/h1-4,10,12,15H,5-7H2/t10-,12+/m0/s1. The van der Waals surface area contributed by atoms with E-state index in [0.717, 1.165) is 11.3 Å². The molecule has 4 heteroatoms. The van der Waals surface area contributed by atoms with Gasteiger partial charge in [-0.15, -0.1) is 0 Å². The molecule has 1 N–H and O–H groups in total. The average molecular weight is 257 g/mol. The predicted molar refractivity (Wildman–Crippen MR) is 66.9 cm³/mol. The summed E-state index contributed by atoms with van der Waals surface area (Å²) in [4.78, 5) is 11.7. The second kappa shape index (κ2) is 5.21. The van der Waals surface area contributed by atoms with Gasteiger partial charge in [-0.05, 0) is 17.7 Å². The minimum atomic E-state index is -0.697. The number of aliphatic hydroxyl groups excluding tert-OH is 1. The van der Waals surface area contributed by atoms with Crippen LogP contribution >= 0.6 is 23.4 Å². The Labute approximate surface area is 104 Å². The molecule has 2 rings (SSSR count). The van der Waals surface area contributed by atoms with E-state index >= 15 is 0 Å². The number of Topliss-reactive ketones (excluding diaryl/α,β-unsaturated/α-hetero) is 1. The van der Waals surface area contributed by atoms with Crippen LogP contribution in [0.3, 0.4) is 0 Å². The molecule has 1 heterocycles. The van der Waals surface area contributed by atoms with Gasteiger partial charge in [0.15, 0.2) is 0 Å². The van der Waals surface area contributed by atoms with E-state index in [4.69, 9.17) is 11.6 Å². The molecule has 1 aromatic rings. The van der Waals surface area contributed by atoms with Crippen LogP contribution in [-0.4, -0.2) is 22.4 Å². The Kier molecular flexibility index (Phi) is 3.90. The van der Waals surface area contributed by atoms with Gasteiger partial charge >= 0.3 is 0 Å². The molecule has 2 nitrogen and oxygen atoms in total. The van der Waals surface area contributed by atoms with E-state index < -0.39 is 6.10 Å². The lowest BCUT2D eigenvalue weighted by Gasteiger charge is -2.25. The number of ketones is 1. The molecule has 1 aliphatic rings. The fourth-order valence-electron chi connectivity index (χ4n) is 1.82. The zero-order valence-electron chi connectivity index (χ0n) is 8.73. The van der Waals surface area contributed by atoms with Gasteiger partial charge in [-0.3, -0.25) is 4.79 Å². The van der Waals surface area contributed by atoms with Crippen LogP contribution in [0.1, 0.15) is 18.1 Å². The molecule has 0 aliphatic carbocycles. The molecule has 1 saturated heterocycles. The van der Waals surface area contributed by atoms with Crippen LogP contribution in [0.25, 0.3) is 0 Å². The Morgan fingerprint density at radius 1 is 1.38 bits per heavy atom. The number of halogens is 1. The second-order valence-electron chi connectivity index (χ2n) is 3.89. The van der Waals surface area contributed by atoms with Gasteiger partial charge in [-0.2, -0.15) is 11.8 Å². The monoisotopic (exact) mass is 256 g/mol. The first-order valence-electron chi connectivity index (χ1n) is 5.22. The van der Waals surface area contributed by atoms with Crippen molar-refractivity contribution in [1.82, 2.24) is 0 Å². The highest BCUT2D eigenvalue weighted by Crippen LogP contribution is 2.31. The number of carbonyl (C=O) groups excluding carboxylic acids is 1. The molecule has 1 aromatic carbocycles. The third kappa shape index (κ3) is 2.59. The molecule has 1 aliphatic heterocycles. The molecule has 86 valence electrons. The average Bonchev–Trinajstić information content (AvgIpc) is 2.30. The van der Waals surface area contributed by atoms with Crippen molar-refractivity contribution in [2.75, 3.05) is 11.5 Å². The van der Waals surface area contributed by atoms with Crippen molar-refractivity contribution in [2.45, 2.75) is 12.5 Å². The Hall–Kier alpha value is -0.510. The van der Waals surface area contributed by atoms with Crippen LogP contribution in [0.4, 0.5) is 0 Å². The van der Waals surface area contributed by atoms with Crippen LogP contribution in [0.2, 0.25) is 5.02 Å². The van der Waals surface area contributed by atoms with Gasteiger partial charge in [0.05, 0.1) is 12.0 Å². The first-order chi connectivity index (χ1) is 7.68. The van der Waals surface area contributed by atoms with Crippen molar-refractivity contribution < 1.29 is 9.90 Å². The molecule has 0 amide bonds. The van der Waals surface area contributed by atoms with Gasteiger partial charge in [0.25, 0.3) is 0 Å². The summed E-state index contributed by atoms with van der Waals surface area (Å²) >= 11 is 7.50. The smallest absolute Gasteiger partial charge is 0.140 e. The zero-order valence-corrected chi connectivity index (χ0v) is 10.3. The number of thioether (sulfide) groups is 1. The van der Waals surface area contributed by atoms with Crippen molar-refractivity contribution in [3.8, 4) is 0 Å². The first-order valence-corrected chi connectivity index (χ1v) is 6.76. The van der Waals surface area contributed by atoms with E-state index in [1.165, 1.54) is 0 Å². The molecule has 2 atom stereocenters. The van der Waals surface area contributed by atoms with Crippen molar-refractivity contribution >= 4 is 29.1 Å². The topological polar surface area (TPSA) is 37.3 Å². The van der Waals surface area contributed by atoms with Gasteiger partial charge in [0.1, 0.15) is 5.78 Å². The summed E-state index contributed by atoms with van der Waals surface area (Å²) in [6.45, 7) is 0. The lowest BCUT2D eigenvalue weighted by molar-refractivity contribution is -0.125. The molecular weight excluding hydrogens is 244 g/mol. The molecule has 0 radical (unpaired) electrons. The van der Waals surface area contributed by atoms with Crippen LogP contribution in [0, 0.1) is 5.92 Å². The quantitative estimate of drug-likeness (QED) is 0.884. The Morgan fingerprint density at radius 3 is 2.69 bits per heavy atom. The highest BCUT2D eigenvalue weighted by molar-refractivity contribution is 7.99. The van der Waals surface area contributed by atoms with E-state index in [2.05, 4.69) is 0 Å². The van der Waals surface area contributed by atoms with E-state index in [-0.39, 0.29) is 11.7 Å². The lowest BCUT2D eigenvalue weighted by Crippen LogP contribution is -2.28. The molecule has 16 heavy (non-hydrogen) atoms. The summed E-state index contributed by atoms with van der Waals surface area (Å²) in [5.41, 5.74) is 0.769. The van der Waals surface area contributed by atoms with Crippen molar-refractivity contribution in [2.24, 2.45) is 5.92 Å². The highest BCUT2D eigenvalue weighted by atomic mass is 35.5. The SMILES string of the molecule is O=C1CCSC[C@@H]1[C@H](O)c1ccc(Cl)cc1. The van der Waals surface area contributed by atoms with E-state index in [1.807, 2.05) is 0 Å². The maximum atomic E-state index is 11.7. The molecule has 0 saturated carbocycles. The van der Waals surface area contributed by atoms with Crippen LogP contribution < -0.4 is 0 Å². The molecular formula is C12H13ClO2S. The van der Waals surface area contributed by atoms with Gasteiger partial charge in [-0.25, -0.2) is 0 Å². The third-order valence-electron chi connectivity index (χ3n) is 2.80. The zero-order chi connectivity index (χ0) is 11.5. The van der Waals surface area contributed by atoms with E-state index in [9.17, 15) is 9.90 Å². The summed E-state index contributed by atoms with van der Waals surface area (Å²) in [5, 5.41) is 10.8. The maximum Gasteiger partial charge on any atom is 0.140 e. The van der Waals surface area contributed by atoms with Crippen LogP contribution in [-0.2, 0) is 4.79 Å². The summed E-state index contributed by atoms with van der Waals surface area (Å²) < 4.78 is 0. The van der Waals surface area contributed by atoms with Gasteiger partial charge in [0.2, 0.25) is 0 Å². The molecule has 0 aromatic heterocycles. The molecule has 0 spiro atoms. The molecule has 0 unspecified atom stereocenters. The fourth-order valence-corrected chi connectivity index (χ4v) is 3.08. The first kappa shape index (κ1) is 12.0. The van der Waals surface area contributed by atoms with Gasteiger partial charge in [-0.1, -0.05) is 23.7 Å². The number of hydrogen-bond acceptors (Lipinski definition) is 3. The maximum absolute atomic E-state index is 11.7. The number of carbonyl (C=O) groups is 1. The summed E-state index contributed by atoms with van der Waals surface area (Å²) in [7, 11) is 0. The summed E-state index contributed by atoms with van der Waals surface area (Å²) in [5.74, 6) is 1.49. The number of rotatable bonds is 2. The Balaban J connectivity index is 2.14. The Morgan fingerprint density at radius 2 is 2.06 bits per heavy atom. The predicted octanol–water partition coefficient (Wildman–Crippen LogP) is 2.70. The summed E-state index contributed by atoms with van der Waals surface area (Å²) in [6, 6.07) is 7.03. The summed E-state index contributed by atoms with van der Waals surface area (Å²) in [6.07, 6.45) is -0.127. The lowest BCUT2D eigenvalue weighted by atomic mass is 9.92. The Bertz CT molecular complexity index is 377. The molecule has 0 bridgehead atoms. The van der Waals surface area contributed by atoms with Gasteiger partial charge in [0, 0.05) is 22.9 Å². The normalized spacial score (nSPS) is 23.1. The third-order valence-corrected chi connectivity index (χ3v) is 4.14. The van der Waals surface area contributed by atoms with Crippen molar-refractivity contribution in [3.63, 3.8) is 0 Å². The van der Waals surface area contributed by atoms with Crippen molar-refractivity contribution in [3.05, 3.63) is 34.9 Å². The fraction of sp³-hybridized carbons (Fsp3) is 0.417. The van der Waals surface area contributed by atoms with Crippen LogP contribution in [0.5, 0.6) is 0 Å². The minimum absolute atomic E-state index is 0.168. The van der Waals surface area contributed by atoms with E-state index in [1.54, 1.807) is 36.0 Å². The van der Waals surface area contributed by atoms with Crippen molar-refractivity contribution in [1.29, 1.82) is 0 Å². The largest absolute Gasteiger partial charge is 0.388 e. The highest BCUT2D eigenvalue weighted by Gasteiger charge is 2.30. The van der Waals surface area contributed by atoms with Gasteiger partial charge < -0.3 is 5.11 Å². The number of aliphatic hydroxyl groups is 1. The second-order valence-corrected chi connectivity index (χ2v) is 5.48. The number of benzene rings is 1. The molecule has 1 fully saturated rings. The van der Waals surface area contributed by atoms with E-state index in [0.29, 0.717) is 17.2 Å². The minimum Gasteiger partial charge on any atom is -0.388 e. The van der Waals surface area contributed by atoms with Crippen LogP contribution in [0.15, 0.2) is 24.3 Å². The number of hydrogen-bond donors (Lipinski definition) is 1.